The number of esters is 1. The second-order valence-electron chi connectivity index (χ2n) is 6.78. The van der Waals surface area contributed by atoms with Crippen LogP contribution >= 0.6 is 0 Å². The largest absolute Gasteiger partial charge is 0.459 e. The summed E-state index contributed by atoms with van der Waals surface area (Å²) in [7, 11) is 0. The topological polar surface area (TPSA) is 38.3 Å². The van der Waals surface area contributed by atoms with Crippen LogP contribution in [0.3, 0.4) is 0 Å². The van der Waals surface area contributed by atoms with E-state index in [1.165, 1.54) is 12.8 Å². The van der Waals surface area contributed by atoms with E-state index in [0.29, 0.717) is 6.42 Å². The maximum atomic E-state index is 12.0. The van der Waals surface area contributed by atoms with Crippen LogP contribution in [0, 0.1) is 0 Å². The smallest absolute Gasteiger partial charge is 0.306 e. The van der Waals surface area contributed by atoms with Crippen molar-refractivity contribution in [2.75, 3.05) is 11.9 Å². The third-order valence-electron chi connectivity index (χ3n) is 5.02. The molecule has 1 aliphatic carbocycles. The number of rotatable bonds is 10. The predicted molar refractivity (Wildman–Crippen MR) is 101 cm³/mol. The minimum absolute atomic E-state index is 0.00766. The van der Waals surface area contributed by atoms with E-state index in [0.717, 1.165) is 56.3 Å². The van der Waals surface area contributed by atoms with Crippen LogP contribution < -0.4 is 5.32 Å². The average Bonchev–Trinajstić information content (AvgIpc) is 3.07. The summed E-state index contributed by atoms with van der Waals surface area (Å²) in [4.78, 5) is 12.0. The van der Waals surface area contributed by atoms with Gasteiger partial charge in [-0.2, -0.15) is 0 Å². The summed E-state index contributed by atoms with van der Waals surface area (Å²) >= 11 is 0. The van der Waals surface area contributed by atoms with Crippen LogP contribution in [0.25, 0.3) is 6.08 Å². The second-order valence-corrected chi connectivity index (χ2v) is 6.78. The lowest BCUT2D eigenvalue weighted by Crippen LogP contribution is -2.31. The Kier molecular flexibility index (Phi) is 7.36. The van der Waals surface area contributed by atoms with E-state index in [-0.39, 0.29) is 11.6 Å². The molecule has 0 spiro atoms. The molecule has 0 radical (unpaired) electrons. The van der Waals surface area contributed by atoms with Crippen LogP contribution in [0.5, 0.6) is 0 Å². The highest BCUT2D eigenvalue weighted by Crippen LogP contribution is 2.36. The predicted octanol–water partition coefficient (Wildman–Crippen LogP) is 5.57. The van der Waals surface area contributed by atoms with Crippen molar-refractivity contribution >= 4 is 17.7 Å². The van der Waals surface area contributed by atoms with E-state index < -0.39 is 0 Å². The van der Waals surface area contributed by atoms with Gasteiger partial charge < -0.3 is 10.1 Å². The Morgan fingerprint density at radius 2 is 1.92 bits per heavy atom. The van der Waals surface area contributed by atoms with Gasteiger partial charge in [-0.1, -0.05) is 38.1 Å². The molecular formula is C21H31NO2. The quantitative estimate of drug-likeness (QED) is 0.450. The number of nitrogens with one attached hydrogen (secondary N) is 1. The van der Waals surface area contributed by atoms with Gasteiger partial charge in [-0.15, -0.1) is 0 Å². The van der Waals surface area contributed by atoms with Gasteiger partial charge in [0.25, 0.3) is 0 Å². The molecule has 132 valence electrons. The molecule has 0 bridgehead atoms. The van der Waals surface area contributed by atoms with E-state index in [9.17, 15) is 4.79 Å². The lowest BCUT2D eigenvalue weighted by molar-refractivity contribution is -0.159. The van der Waals surface area contributed by atoms with Gasteiger partial charge in [0.15, 0.2) is 0 Å². The lowest BCUT2D eigenvalue weighted by Gasteiger charge is -2.27. The highest BCUT2D eigenvalue weighted by Gasteiger charge is 2.35. The van der Waals surface area contributed by atoms with Crippen molar-refractivity contribution in [1.82, 2.24) is 0 Å². The Hall–Kier alpha value is -1.77. The molecule has 0 aliphatic heterocycles. The molecule has 3 heteroatoms. The molecule has 1 aliphatic rings. The minimum atomic E-state index is -0.143. The normalized spacial score (nSPS) is 15.9. The van der Waals surface area contributed by atoms with Gasteiger partial charge in [0.1, 0.15) is 5.60 Å². The summed E-state index contributed by atoms with van der Waals surface area (Å²) in [5.41, 5.74) is 2.12. The molecule has 24 heavy (non-hydrogen) atoms. The monoisotopic (exact) mass is 329 g/mol. The fourth-order valence-electron chi connectivity index (χ4n) is 3.38. The van der Waals surface area contributed by atoms with Crippen LogP contribution in [0.4, 0.5) is 5.69 Å². The lowest BCUT2D eigenvalue weighted by atomic mass is 9.99. The number of carbonyl (C=O) groups excluding carboxylic acids is 1. The summed E-state index contributed by atoms with van der Waals surface area (Å²) in [6, 6.07) is 8.25. The number of carbonyl (C=O) groups is 1. The first-order valence-corrected chi connectivity index (χ1v) is 9.36. The molecule has 1 N–H and O–H groups in total. The van der Waals surface area contributed by atoms with Gasteiger partial charge in [-0.05, 0) is 62.6 Å². The number of anilines is 1. The maximum Gasteiger partial charge on any atom is 0.306 e. The Labute approximate surface area is 146 Å². The van der Waals surface area contributed by atoms with Crippen molar-refractivity contribution in [2.24, 2.45) is 0 Å². The van der Waals surface area contributed by atoms with Gasteiger partial charge in [0.2, 0.25) is 0 Å². The van der Waals surface area contributed by atoms with Crippen molar-refractivity contribution in [3.8, 4) is 0 Å². The molecule has 0 heterocycles. The zero-order valence-corrected chi connectivity index (χ0v) is 15.0. The van der Waals surface area contributed by atoms with Crippen LogP contribution in [-0.2, 0) is 9.53 Å². The molecule has 3 nitrogen and oxygen atoms in total. The first-order chi connectivity index (χ1) is 11.7. The van der Waals surface area contributed by atoms with Gasteiger partial charge >= 0.3 is 5.97 Å². The molecule has 1 fully saturated rings. The fourth-order valence-corrected chi connectivity index (χ4v) is 3.38. The van der Waals surface area contributed by atoms with Gasteiger partial charge in [0, 0.05) is 18.7 Å². The maximum absolute atomic E-state index is 12.0. The van der Waals surface area contributed by atoms with Crippen molar-refractivity contribution in [3.05, 3.63) is 36.4 Å². The minimum Gasteiger partial charge on any atom is -0.459 e. The fraction of sp³-hybridized carbons (Fsp3) is 0.571. The van der Waals surface area contributed by atoms with Crippen LogP contribution in [0.1, 0.15) is 70.3 Å². The van der Waals surface area contributed by atoms with Crippen LogP contribution in [-0.4, -0.2) is 18.1 Å². The Morgan fingerprint density at radius 3 is 2.54 bits per heavy atom. The zero-order chi connectivity index (χ0) is 17.3. The van der Waals surface area contributed by atoms with E-state index >= 15 is 0 Å². The molecule has 0 unspecified atom stereocenters. The van der Waals surface area contributed by atoms with Crippen molar-refractivity contribution < 1.29 is 9.53 Å². The number of unbranched alkanes of at least 4 members (excludes halogenated alkanes) is 2. The van der Waals surface area contributed by atoms with Crippen molar-refractivity contribution in [3.63, 3.8) is 0 Å². The Balaban J connectivity index is 1.55. The molecule has 0 aromatic heterocycles. The summed E-state index contributed by atoms with van der Waals surface area (Å²) in [6.07, 6.45) is 10.9. The van der Waals surface area contributed by atoms with E-state index in [1.54, 1.807) is 0 Å². The number of ether oxygens (including phenoxy) is 1. The molecule has 1 aromatic rings. The molecule has 1 aromatic carbocycles. The van der Waals surface area contributed by atoms with Crippen LogP contribution in [0.2, 0.25) is 0 Å². The number of hydrogen-bond acceptors (Lipinski definition) is 3. The van der Waals surface area contributed by atoms with Crippen molar-refractivity contribution in [1.29, 1.82) is 0 Å². The van der Waals surface area contributed by atoms with E-state index in [4.69, 9.17) is 4.74 Å². The third kappa shape index (κ3) is 5.70. The average molecular weight is 329 g/mol. The molecular weight excluding hydrogens is 298 g/mol. The van der Waals surface area contributed by atoms with E-state index in [2.05, 4.69) is 43.1 Å². The van der Waals surface area contributed by atoms with Gasteiger partial charge in [-0.25, -0.2) is 0 Å². The zero-order valence-electron chi connectivity index (χ0n) is 15.0. The Morgan fingerprint density at radius 1 is 1.21 bits per heavy atom. The third-order valence-corrected chi connectivity index (χ3v) is 5.02. The highest BCUT2D eigenvalue weighted by molar-refractivity contribution is 5.69. The summed E-state index contributed by atoms with van der Waals surface area (Å²) < 4.78 is 5.78. The van der Waals surface area contributed by atoms with Crippen molar-refractivity contribution in [2.45, 2.75) is 70.3 Å². The number of benzene rings is 1. The molecule has 0 atom stereocenters. The van der Waals surface area contributed by atoms with Gasteiger partial charge in [-0.3, -0.25) is 4.79 Å². The first-order valence-electron chi connectivity index (χ1n) is 9.36. The summed E-state index contributed by atoms with van der Waals surface area (Å²) in [6.45, 7) is 6.82. The molecule has 1 saturated carbocycles. The van der Waals surface area contributed by atoms with Crippen LogP contribution in [0.15, 0.2) is 30.8 Å². The highest BCUT2D eigenvalue weighted by atomic mass is 16.6. The van der Waals surface area contributed by atoms with Gasteiger partial charge in [0.05, 0.1) is 0 Å². The van der Waals surface area contributed by atoms with E-state index in [1.807, 2.05) is 6.08 Å². The molecule has 0 amide bonds. The molecule has 0 saturated heterocycles. The SMILES string of the molecule is C=Cc1ccc(NCCCCCC(=O)OC2(CC)CCCC2)cc1. The first kappa shape index (κ1) is 18.6. The number of hydrogen-bond donors (Lipinski definition) is 1. The summed E-state index contributed by atoms with van der Waals surface area (Å²) in [5, 5.41) is 3.41. The molecule has 2 rings (SSSR count). The second kappa shape index (κ2) is 9.51. The standard InChI is InChI=1S/C21H31NO2/c1-3-18-11-13-19(14-12-18)22-17-9-5-6-10-20(23)24-21(4-2)15-7-8-16-21/h3,11-14,22H,1,4-10,15-17H2,2H3. The summed E-state index contributed by atoms with van der Waals surface area (Å²) in [5.74, 6) is -0.00766. The Bertz CT molecular complexity index is 515.